The van der Waals surface area contributed by atoms with E-state index in [-0.39, 0.29) is 17.4 Å². The number of amides is 1. The summed E-state index contributed by atoms with van der Waals surface area (Å²) in [7, 11) is 1.59. The molecular formula is C18H21BrN4O3. The second kappa shape index (κ2) is 8.46. The number of hydrogen-bond donors (Lipinski definition) is 1. The molecule has 0 radical (unpaired) electrons. The Balaban J connectivity index is 1.81. The minimum Gasteiger partial charge on any atom is -0.382 e. The molecule has 7 nitrogen and oxygen atoms in total. The maximum Gasteiger partial charge on any atom is 0.282 e. The van der Waals surface area contributed by atoms with Crippen molar-refractivity contribution in [2.24, 2.45) is 7.05 Å². The topological polar surface area (TPSA) is 76.5 Å². The monoisotopic (exact) mass is 420 g/mol. The molecule has 0 spiro atoms. The Hall–Kier alpha value is -2.19. The molecule has 1 aliphatic heterocycles. The average molecular weight is 421 g/mol. The molecule has 1 N–H and O–H groups in total. The van der Waals surface area contributed by atoms with Gasteiger partial charge in [0, 0.05) is 26.7 Å². The van der Waals surface area contributed by atoms with Gasteiger partial charge in [0.15, 0.2) is 0 Å². The van der Waals surface area contributed by atoms with Gasteiger partial charge in [0.25, 0.3) is 5.56 Å². The summed E-state index contributed by atoms with van der Waals surface area (Å²) in [5, 5.41) is 7.22. The Kier molecular flexibility index (Phi) is 6.05. The number of morpholine rings is 1. The normalized spacial score (nSPS) is 15.5. The van der Waals surface area contributed by atoms with E-state index in [2.05, 4.69) is 26.3 Å². The molecular weight excluding hydrogens is 400 g/mol. The summed E-state index contributed by atoms with van der Waals surface area (Å²) < 4.78 is 7.00. The number of hydrogen-bond acceptors (Lipinski definition) is 5. The zero-order valence-corrected chi connectivity index (χ0v) is 16.1. The molecule has 1 unspecified atom stereocenters. The predicted molar refractivity (Wildman–Crippen MR) is 102 cm³/mol. The smallest absolute Gasteiger partial charge is 0.282 e. The van der Waals surface area contributed by atoms with Crippen molar-refractivity contribution in [2.75, 3.05) is 38.2 Å². The molecule has 2 heterocycles. The molecule has 8 heteroatoms. The third-order valence-electron chi connectivity index (χ3n) is 4.40. The Morgan fingerprint density at radius 2 is 2.00 bits per heavy atom. The predicted octanol–water partition coefficient (Wildman–Crippen LogP) is 1.60. The van der Waals surface area contributed by atoms with Crippen molar-refractivity contribution in [3.05, 3.63) is 56.9 Å². The number of benzene rings is 1. The minimum absolute atomic E-state index is 0.0555. The molecule has 138 valence electrons. The van der Waals surface area contributed by atoms with E-state index in [0.29, 0.717) is 43.0 Å². The van der Waals surface area contributed by atoms with Crippen LogP contribution >= 0.6 is 15.9 Å². The second-order valence-electron chi connectivity index (χ2n) is 6.08. The largest absolute Gasteiger partial charge is 0.382 e. The van der Waals surface area contributed by atoms with E-state index in [1.807, 2.05) is 35.2 Å². The first kappa shape index (κ1) is 18.6. The highest BCUT2D eigenvalue weighted by molar-refractivity contribution is 9.10. The van der Waals surface area contributed by atoms with Gasteiger partial charge in [-0.05, 0) is 21.5 Å². The Labute approximate surface area is 160 Å². The fraction of sp³-hybridized carbons (Fsp3) is 0.389. The fourth-order valence-electron chi connectivity index (χ4n) is 2.88. The van der Waals surface area contributed by atoms with Crippen LogP contribution in [0.15, 0.2) is 45.8 Å². The maximum absolute atomic E-state index is 13.1. The van der Waals surface area contributed by atoms with E-state index in [4.69, 9.17) is 4.74 Å². The van der Waals surface area contributed by atoms with E-state index in [9.17, 15) is 9.59 Å². The van der Waals surface area contributed by atoms with E-state index in [0.717, 1.165) is 5.56 Å². The zero-order chi connectivity index (χ0) is 18.5. The summed E-state index contributed by atoms with van der Waals surface area (Å²) in [6.07, 6.45) is 1.58. The highest BCUT2D eigenvalue weighted by atomic mass is 79.9. The summed E-state index contributed by atoms with van der Waals surface area (Å²) in [4.78, 5) is 26.9. The fourth-order valence-corrected chi connectivity index (χ4v) is 3.38. The number of halogens is 1. The molecule has 1 fully saturated rings. The van der Waals surface area contributed by atoms with Crippen LogP contribution in [0, 0.1) is 0 Å². The molecule has 0 bridgehead atoms. The van der Waals surface area contributed by atoms with Crippen LogP contribution in [0.4, 0.5) is 5.69 Å². The summed E-state index contributed by atoms with van der Waals surface area (Å²) in [6, 6.07) is 9.66. The number of anilines is 1. The van der Waals surface area contributed by atoms with Crippen molar-refractivity contribution in [1.82, 2.24) is 14.7 Å². The van der Waals surface area contributed by atoms with Gasteiger partial charge >= 0.3 is 0 Å². The second-order valence-corrected chi connectivity index (χ2v) is 6.88. The van der Waals surface area contributed by atoms with E-state index >= 15 is 0 Å². The first-order valence-corrected chi connectivity index (χ1v) is 9.24. The highest BCUT2D eigenvalue weighted by Crippen LogP contribution is 2.22. The molecule has 2 aromatic rings. The molecule has 1 saturated heterocycles. The lowest BCUT2D eigenvalue weighted by Crippen LogP contribution is -2.44. The molecule has 0 saturated carbocycles. The van der Waals surface area contributed by atoms with Crippen LogP contribution < -0.4 is 10.9 Å². The van der Waals surface area contributed by atoms with Crippen LogP contribution in [0.2, 0.25) is 0 Å². The van der Waals surface area contributed by atoms with Crippen molar-refractivity contribution in [3.63, 3.8) is 0 Å². The standard InChI is InChI=1S/C18H21BrN4O3/c1-22-18(25)16(19)15(12-21-22)20-11-14(13-5-3-2-4-6-13)17(24)23-7-9-26-10-8-23/h2-6,12,14,20H,7-11H2,1H3. The molecule has 3 rings (SSSR count). The number of nitrogens with one attached hydrogen (secondary N) is 1. The molecule has 1 aromatic carbocycles. The van der Waals surface area contributed by atoms with Crippen LogP contribution in [-0.2, 0) is 16.6 Å². The lowest BCUT2D eigenvalue weighted by atomic mass is 9.97. The van der Waals surface area contributed by atoms with Crippen LogP contribution in [0.5, 0.6) is 0 Å². The summed E-state index contributed by atoms with van der Waals surface area (Å²) in [5.41, 5.74) is 1.28. The van der Waals surface area contributed by atoms with Gasteiger partial charge < -0.3 is 15.0 Å². The molecule has 1 amide bonds. The number of rotatable bonds is 5. The van der Waals surface area contributed by atoms with Gasteiger partial charge in [-0.25, -0.2) is 4.68 Å². The number of aromatic nitrogens is 2. The summed E-state index contributed by atoms with van der Waals surface area (Å²) in [6.45, 7) is 2.68. The van der Waals surface area contributed by atoms with Gasteiger partial charge in [-0.2, -0.15) is 5.10 Å². The molecule has 0 aliphatic carbocycles. The number of ether oxygens (including phenoxy) is 1. The SMILES string of the molecule is Cn1ncc(NCC(C(=O)N2CCOCC2)c2ccccc2)c(Br)c1=O. The molecule has 26 heavy (non-hydrogen) atoms. The van der Waals surface area contributed by atoms with Gasteiger partial charge in [0.2, 0.25) is 5.91 Å². The minimum atomic E-state index is -0.356. The van der Waals surface area contributed by atoms with Crippen molar-refractivity contribution in [1.29, 1.82) is 0 Å². The molecule has 1 aromatic heterocycles. The summed E-state index contributed by atoms with van der Waals surface area (Å²) >= 11 is 3.30. The molecule has 1 aliphatic rings. The van der Waals surface area contributed by atoms with Gasteiger partial charge in [-0.15, -0.1) is 0 Å². The van der Waals surface area contributed by atoms with Crippen molar-refractivity contribution in [3.8, 4) is 0 Å². The van der Waals surface area contributed by atoms with Gasteiger partial charge in [-0.1, -0.05) is 30.3 Å². The maximum atomic E-state index is 13.1. The lowest BCUT2D eigenvalue weighted by Gasteiger charge is -2.31. The highest BCUT2D eigenvalue weighted by Gasteiger charge is 2.27. The van der Waals surface area contributed by atoms with Crippen molar-refractivity contribution in [2.45, 2.75) is 5.92 Å². The van der Waals surface area contributed by atoms with E-state index < -0.39 is 0 Å². The van der Waals surface area contributed by atoms with Crippen LogP contribution in [-0.4, -0.2) is 53.4 Å². The number of carbonyl (C=O) groups is 1. The van der Waals surface area contributed by atoms with Crippen molar-refractivity contribution < 1.29 is 9.53 Å². The number of aryl methyl sites for hydroxylation is 1. The Morgan fingerprint density at radius 1 is 1.31 bits per heavy atom. The van der Waals surface area contributed by atoms with E-state index in [1.165, 1.54) is 4.68 Å². The van der Waals surface area contributed by atoms with E-state index in [1.54, 1.807) is 13.2 Å². The van der Waals surface area contributed by atoms with Crippen LogP contribution in [0.1, 0.15) is 11.5 Å². The quantitative estimate of drug-likeness (QED) is 0.794. The number of nitrogens with zero attached hydrogens (tertiary/aromatic N) is 3. The van der Waals surface area contributed by atoms with Crippen LogP contribution in [0.25, 0.3) is 0 Å². The van der Waals surface area contributed by atoms with Gasteiger partial charge in [0.05, 0.1) is 31.0 Å². The summed E-state index contributed by atoms with van der Waals surface area (Å²) in [5.74, 6) is -0.301. The third-order valence-corrected chi connectivity index (χ3v) is 5.16. The third kappa shape index (κ3) is 4.13. The van der Waals surface area contributed by atoms with Crippen LogP contribution in [0.3, 0.4) is 0 Å². The first-order valence-electron chi connectivity index (χ1n) is 8.45. The number of carbonyl (C=O) groups excluding carboxylic acids is 1. The average Bonchev–Trinajstić information content (AvgIpc) is 2.69. The van der Waals surface area contributed by atoms with Crippen molar-refractivity contribution >= 4 is 27.5 Å². The zero-order valence-electron chi connectivity index (χ0n) is 14.5. The lowest BCUT2D eigenvalue weighted by molar-refractivity contribution is -0.136. The van der Waals surface area contributed by atoms with Gasteiger partial charge in [0.1, 0.15) is 4.47 Å². The first-order chi connectivity index (χ1) is 12.6. The molecule has 1 atom stereocenters. The Bertz CT molecular complexity index is 819. The Morgan fingerprint density at radius 3 is 2.69 bits per heavy atom. The van der Waals surface area contributed by atoms with Gasteiger partial charge in [-0.3, -0.25) is 9.59 Å².